The standard InChI is InChI=1S/C12H14O5/c1-16-10-5-8(7-13)6-11(17-2)9(10)3-4-12(14)15/h5-7H,3-4H2,1-2H3,(H,14,15). The second-order valence-corrected chi connectivity index (χ2v) is 3.42. The number of hydrogen-bond donors (Lipinski definition) is 1. The highest BCUT2D eigenvalue weighted by Gasteiger charge is 2.13. The molecule has 0 bridgehead atoms. The Labute approximate surface area is 99.0 Å². The van der Waals surface area contributed by atoms with Crippen LogP contribution in [0.15, 0.2) is 12.1 Å². The van der Waals surface area contributed by atoms with E-state index in [1.807, 2.05) is 0 Å². The monoisotopic (exact) mass is 238 g/mol. The van der Waals surface area contributed by atoms with E-state index in [-0.39, 0.29) is 6.42 Å². The van der Waals surface area contributed by atoms with Crippen molar-refractivity contribution >= 4 is 12.3 Å². The van der Waals surface area contributed by atoms with Crippen LogP contribution < -0.4 is 9.47 Å². The molecule has 1 aromatic carbocycles. The number of benzene rings is 1. The van der Waals surface area contributed by atoms with Crippen LogP contribution >= 0.6 is 0 Å². The van der Waals surface area contributed by atoms with Crippen LogP contribution in [-0.4, -0.2) is 31.6 Å². The van der Waals surface area contributed by atoms with E-state index in [4.69, 9.17) is 14.6 Å². The summed E-state index contributed by atoms with van der Waals surface area (Å²) in [6.07, 6.45) is 0.958. The van der Waals surface area contributed by atoms with Crippen molar-refractivity contribution in [1.82, 2.24) is 0 Å². The first kappa shape index (κ1) is 13.0. The maximum absolute atomic E-state index is 10.7. The van der Waals surface area contributed by atoms with Crippen LogP contribution in [0.1, 0.15) is 22.3 Å². The Hall–Kier alpha value is -2.04. The number of aldehydes is 1. The first-order chi connectivity index (χ1) is 8.12. The summed E-state index contributed by atoms with van der Waals surface area (Å²) in [4.78, 5) is 21.3. The molecule has 1 aromatic rings. The van der Waals surface area contributed by atoms with Gasteiger partial charge in [0.05, 0.1) is 14.2 Å². The van der Waals surface area contributed by atoms with Gasteiger partial charge in [-0.2, -0.15) is 0 Å². The quantitative estimate of drug-likeness (QED) is 0.761. The van der Waals surface area contributed by atoms with Crippen LogP contribution in [0.5, 0.6) is 11.5 Å². The van der Waals surface area contributed by atoms with Crippen LogP contribution in [-0.2, 0) is 11.2 Å². The molecule has 0 aliphatic heterocycles. The summed E-state index contributed by atoms with van der Waals surface area (Å²) in [5.74, 6) is 0.0361. The van der Waals surface area contributed by atoms with E-state index in [0.29, 0.717) is 35.3 Å². The maximum atomic E-state index is 10.7. The summed E-state index contributed by atoms with van der Waals surface area (Å²) in [6.45, 7) is 0. The average molecular weight is 238 g/mol. The highest BCUT2D eigenvalue weighted by molar-refractivity contribution is 5.77. The molecule has 0 aliphatic rings. The number of carbonyl (C=O) groups is 2. The molecule has 0 unspecified atom stereocenters. The molecule has 0 atom stereocenters. The molecule has 1 rings (SSSR count). The molecule has 92 valence electrons. The van der Waals surface area contributed by atoms with E-state index in [2.05, 4.69) is 0 Å². The highest BCUT2D eigenvalue weighted by atomic mass is 16.5. The second kappa shape index (κ2) is 5.89. The van der Waals surface area contributed by atoms with Gasteiger partial charge in [-0.1, -0.05) is 0 Å². The Morgan fingerprint density at radius 3 is 2.18 bits per heavy atom. The van der Waals surface area contributed by atoms with Crippen molar-refractivity contribution in [2.45, 2.75) is 12.8 Å². The lowest BCUT2D eigenvalue weighted by Crippen LogP contribution is -2.03. The van der Waals surface area contributed by atoms with Crippen LogP contribution in [0.25, 0.3) is 0 Å². The van der Waals surface area contributed by atoms with Crippen LogP contribution in [0, 0.1) is 0 Å². The van der Waals surface area contributed by atoms with Gasteiger partial charge in [0.2, 0.25) is 0 Å². The molecule has 0 fully saturated rings. The largest absolute Gasteiger partial charge is 0.496 e. The van der Waals surface area contributed by atoms with Gasteiger partial charge in [-0.05, 0) is 18.6 Å². The molecule has 0 amide bonds. The second-order valence-electron chi connectivity index (χ2n) is 3.42. The fraction of sp³-hybridized carbons (Fsp3) is 0.333. The molecular formula is C12H14O5. The molecule has 1 N–H and O–H groups in total. The summed E-state index contributed by atoms with van der Waals surface area (Å²) >= 11 is 0. The van der Waals surface area contributed by atoms with Crippen molar-refractivity contribution in [3.63, 3.8) is 0 Å². The van der Waals surface area contributed by atoms with Gasteiger partial charge in [0.15, 0.2) is 0 Å². The molecule has 5 nitrogen and oxygen atoms in total. The van der Waals surface area contributed by atoms with E-state index in [1.165, 1.54) is 14.2 Å². The Morgan fingerprint density at radius 2 is 1.82 bits per heavy atom. The zero-order chi connectivity index (χ0) is 12.8. The first-order valence-corrected chi connectivity index (χ1v) is 5.04. The average Bonchev–Trinajstić information content (AvgIpc) is 2.34. The lowest BCUT2D eigenvalue weighted by Gasteiger charge is -2.13. The van der Waals surface area contributed by atoms with Crippen molar-refractivity contribution in [2.75, 3.05) is 14.2 Å². The molecule has 0 spiro atoms. The third kappa shape index (κ3) is 3.21. The Balaban J connectivity index is 3.14. The van der Waals surface area contributed by atoms with Crippen LogP contribution in [0.4, 0.5) is 0 Å². The summed E-state index contributed by atoms with van der Waals surface area (Å²) in [5, 5.41) is 8.66. The van der Waals surface area contributed by atoms with Crippen molar-refractivity contribution in [3.05, 3.63) is 23.3 Å². The Bertz CT molecular complexity index is 400. The number of carboxylic acids is 1. The smallest absolute Gasteiger partial charge is 0.303 e. The summed E-state index contributed by atoms with van der Waals surface area (Å²) in [5.41, 5.74) is 1.08. The SMILES string of the molecule is COc1cc(C=O)cc(OC)c1CCC(=O)O. The van der Waals surface area contributed by atoms with E-state index in [9.17, 15) is 9.59 Å². The maximum Gasteiger partial charge on any atom is 0.303 e. The predicted octanol–water partition coefficient (Wildman–Crippen LogP) is 1.53. The topological polar surface area (TPSA) is 72.8 Å². The van der Waals surface area contributed by atoms with Gasteiger partial charge >= 0.3 is 5.97 Å². The number of carbonyl (C=O) groups excluding carboxylic acids is 1. The number of hydrogen-bond acceptors (Lipinski definition) is 4. The summed E-state index contributed by atoms with van der Waals surface area (Å²) < 4.78 is 10.3. The lowest BCUT2D eigenvalue weighted by atomic mass is 10.0. The molecular weight excluding hydrogens is 224 g/mol. The number of methoxy groups -OCH3 is 2. The molecule has 0 aromatic heterocycles. The van der Waals surface area contributed by atoms with E-state index >= 15 is 0 Å². The van der Waals surface area contributed by atoms with Gasteiger partial charge in [0, 0.05) is 17.5 Å². The zero-order valence-corrected chi connectivity index (χ0v) is 9.73. The lowest BCUT2D eigenvalue weighted by molar-refractivity contribution is -0.136. The van der Waals surface area contributed by atoms with Crippen molar-refractivity contribution in [3.8, 4) is 11.5 Å². The van der Waals surface area contributed by atoms with Gasteiger partial charge in [-0.25, -0.2) is 0 Å². The number of aliphatic carboxylic acids is 1. The molecule has 0 saturated heterocycles. The Kier molecular flexibility index (Phi) is 4.51. The molecule has 17 heavy (non-hydrogen) atoms. The fourth-order valence-corrected chi connectivity index (χ4v) is 1.55. The van der Waals surface area contributed by atoms with Crippen molar-refractivity contribution in [1.29, 1.82) is 0 Å². The minimum atomic E-state index is -0.895. The minimum absolute atomic E-state index is 0.0207. The van der Waals surface area contributed by atoms with Gasteiger partial charge in [-0.15, -0.1) is 0 Å². The van der Waals surface area contributed by atoms with Gasteiger partial charge < -0.3 is 14.6 Å². The number of rotatable bonds is 6. The predicted molar refractivity (Wildman–Crippen MR) is 60.9 cm³/mol. The summed E-state index contributed by atoms with van der Waals surface area (Å²) in [7, 11) is 2.93. The van der Waals surface area contributed by atoms with Gasteiger partial charge in [-0.3, -0.25) is 9.59 Å². The minimum Gasteiger partial charge on any atom is -0.496 e. The molecule has 0 saturated carbocycles. The first-order valence-electron chi connectivity index (χ1n) is 5.04. The third-order valence-electron chi connectivity index (χ3n) is 2.36. The number of carboxylic acid groups (broad SMARTS) is 1. The molecule has 0 aliphatic carbocycles. The molecule has 0 heterocycles. The van der Waals surface area contributed by atoms with Crippen LogP contribution in [0.3, 0.4) is 0 Å². The molecule has 0 radical (unpaired) electrons. The van der Waals surface area contributed by atoms with Gasteiger partial charge in [0.25, 0.3) is 0 Å². The van der Waals surface area contributed by atoms with Crippen molar-refractivity contribution in [2.24, 2.45) is 0 Å². The summed E-state index contributed by atoms with van der Waals surface area (Å²) in [6, 6.07) is 3.12. The Morgan fingerprint density at radius 1 is 1.29 bits per heavy atom. The highest BCUT2D eigenvalue weighted by Crippen LogP contribution is 2.31. The van der Waals surface area contributed by atoms with E-state index in [0.717, 1.165) is 0 Å². The fourth-order valence-electron chi connectivity index (χ4n) is 1.55. The van der Waals surface area contributed by atoms with Crippen molar-refractivity contribution < 1.29 is 24.2 Å². The van der Waals surface area contributed by atoms with Gasteiger partial charge in [0.1, 0.15) is 17.8 Å². The van der Waals surface area contributed by atoms with Crippen LogP contribution in [0.2, 0.25) is 0 Å². The zero-order valence-electron chi connectivity index (χ0n) is 9.73. The third-order valence-corrected chi connectivity index (χ3v) is 2.36. The van der Waals surface area contributed by atoms with E-state index < -0.39 is 5.97 Å². The normalized spacial score (nSPS) is 9.76. The number of ether oxygens (including phenoxy) is 2. The van der Waals surface area contributed by atoms with E-state index in [1.54, 1.807) is 12.1 Å². The molecule has 5 heteroatoms.